The van der Waals surface area contributed by atoms with Gasteiger partial charge in [0.05, 0.1) is 11.4 Å². The number of aromatic nitrogens is 2. The van der Waals surface area contributed by atoms with E-state index in [4.69, 9.17) is 9.97 Å². The van der Waals surface area contributed by atoms with Gasteiger partial charge in [0.15, 0.2) is 5.82 Å². The van der Waals surface area contributed by atoms with Crippen molar-refractivity contribution in [3.8, 4) is 45.0 Å². The van der Waals surface area contributed by atoms with Crippen molar-refractivity contribution in [3.05, 3.63) is 193 Å². The third-order valence-electron chi connectivity index (χ3n) is 10.1. The number of rotatable bonds is 5. The van der Waals surface area contributed by atoms with Gasteiger partial charge >= 0.3 is 0 Å². The van der Waals surface area contributed by atoms with Crippen molar-refractivity contribution in [1.29, 1.82) is 0 Å². The summed E-state index contributed by atoms with van der Waals surface area (Å²) >= 11 is 1.85. The number of benzene rings is 7. The molecule has 9 aromatic rings. The van der Waals surface area contributed by atoms with E-state index in [-0.39, 0.29) is 0 Å². The Morgan fingerprint density at radius 2 is 1.10 bits per heavy atom. The Labute approximate surface area is 306 Å². The van der Waals surface area contributed by atoms with Gasteiger partial charge in [-0.05, 0) is 74.8 Å². The van der Waals surface area contributed by atoms with Crippen LogP contribution >= 0.6 is 11.3 Å². The first-order valence-corrected chi connectivity index (χ1v) is 18.5. The summed E-state index contributed by atoms with van der Waals surface area (Å²) in [4.78, 5) is 10.6. The molecule has 1 aliphatic rings. The van der Waals surface area contributed by atoms with Crippen molar-refractivity contribution >= 4 is 53.9 Å². The second-order valence-corrected chi connectivity index (χ2v) is 14.3. The summed E-state index contributed by atoms with van der Waals surface area (Å²) in [6.45, 7) is 0. The van der Waals surface area contributed by atoms with Gasteiger partial charge in [-0.3, -0.25) is 0 Å². The monoisotopic (exact) mass is 680 g/mol. The van der Waals surface area contributed by atoms with E-state index in [9.17, 15) is 0 Å². The molecule has 0 saturated carbocycles. The van der Waals surface area contributed by atoms with E-state index in [0.29, 0.717) is 5.82 Å². The van der Waals surface area contributed by atoms with Gasteiger partial charge in [-0.25, -0.2) is 9.97 Å². The van der Waals surface area contributed by atoms with Crippen LogP contribution in [-0.4, -0.2) is 9.97 Å². The Hall–Kier alpha value is -6.42. The van der Waals surface area contributed by atoms with E-state index in [0.717, 1.165) is 34.5 Å². The first-order valence-electron chi connectivity index (χ1n) is 17.7. The number of allylic oxidation sites excluding steroid dienone is 2. The normalized spacial score (nSPS) is 12.6. The number of nitrogens with zero attached hydrogens (tertiary/aromatic N) is 2. The fourth-order valence-electron chi connectivity index (χ4n) is 7.69. The Kier molecular flexibility index (Phi) is 7.44. The lowest BCUT2D eigenvalue weighted by Crippen LogP contribution is -2.00. The maximum atomic E-state index is 5.30. The largest absolute Gasteiger partial charge is 0.228 e. The smallest absolute Gasteiger partial charge is 0.160 e. The van der Waals surface area contributed by atoms with Crippen molar-refractivity contribution in [2.75, 3.05) is 0 Å². The number of hydrogen-bond acceptors (Lipinski definition) is 3. The number of thiophene rings is 1. The van der Waals surface area contributed by atoms with Gasteiger partial charge in [-0.2, -0.15) is 0 Å². The van der Waals surface area contributed by atoms with Crippen LogP contribution in [0.4, 0.5) is 0 Å². The molecule has 0 bridgehead atoms. The molecule has 0 N–H and O–H groups in total. The molecule has 1 aliphatic carbocycles. The molecule has 2 aromatic heterocycles. The molecule has 0 amide bonds. The highest BCUT2D eigenvalue weighted by atomic mass is 32.1. The van der Waals surface area contributed by atoms with Crippen molar-refractivity contribution in [1.82, 2.24) is 9.97 Å². The van der Waals surface area contributed by atoms with E-state index >= 15 is 0 Å². The highest BCUT2D eigenvalue weighted by Crippen LogP contribution is 2.42. The zero-order valence-electron chi connectivity index (χ0n) is 28.3. The summed E-state index contributed by atoms with van der Waals surface area (Å²) in [5.74, 6) is 0.711. The van der Waals surface area contributed by atoms with E-state index < -0.39 is 0 Å². The van der Waals surface area contributed by atoms with Gasteiger partial charge in [0, 0.05) is 36.9 Å². The molecule has 0 unspecified atom stereocenters. The summed E-state index contributed by atoms with van der Waals surface area (Å²) in [5, 5.41) is 4.98. The molecule has 10 rings (SSSR count). The fraction of sp³-hybridized carbons (Fsp3) is 0.0204. The lowest BCUT2D eigenvalue weighted by Gasteiger charge is -2.18. The number of fused-ring (bicyclic) bond motifs is 5. The lowest BCUT2D eigenvalue weighted by molar-refractivity contribution is 1.18. The van der Waals surface area contributed by atoms with Crippen LogP contribution < -0.4 is 0 Å². The third-order valence-corrected chi connectivity index (χ3v) is 11.3. The predicted molar refractivity (Wildman–Crippen MR) is 221 cm³/mol. The van der Waals surface area contributed by atoms with Crippen LogP contribution in [0.5, 0.6) is 0 Å². The summed E-state index contributed by atoms with van der Waals surface area (Å²) in [7, 11) is 0. The van der Waals surface area contributed by atoms with Crippen LogP contribution in [0.3, 0.4) is 0 Å². The molecule has 0 fully saturated rings. The Morgan fingerprint density at radius 1 is 0.442 bits per heavy atom. The minimum Gasteiger partial charge on any atom is -0.228 e. The molecule has 0 saturated heterocycles. The van der Waals surface area contributed by atoms with Crippen LogP contribution in [-0.2, 0) is 0 Å². The van der Waals surface area contributed by atoms with Gasteiger partial charge in [0.25, 0.3) is 0 Å². The van der Waals surface area contributed by atoms with Crippen LogP contribution in [0.25, 0.3) is 87.6 Å². The molecule has 2 nitrogen and oxygen atoms in total. The minimum atomic E-state index is 0.711. The SMILES string of the molecule is C1=Cc2cccc(-c3cc(-c4ccc(-c5ccc6sc7ccccc7c6c5)c5ccccc45)nc(-c4ccccc4)n3)c2C(c2ccccc2)=CC1. The Morgan fingerprint density at radius 3 is 1.90 bits per heavy atom. The lowest BCUT2D eigenvalue weighted by atomic mass is 9.88. The topological polar surface area (TPSA) is 25.8 Å². The average molecular weight is 681 g/mol. The van der Waals surface area contributed by atoms with E-state index in [1.807, 2.05) is 17.4 Å². The Balaban J connectivity index is 1.18. The molecule has 0 aliphatic heterocycles. The predicted octanol–water partition coefficient (Wildman–Crippen LogP) is 13.5. The fourth-order valence-corrected chi connectivity index (χ4v) is 8.78. The van der Waals surface area contributed by atoms with E-state index in [2.05, 4.69) is 176 Å². The second kappa shape index (κ2) is 12.7. The van der Waals surface area contributed by atoms with Crippen LogP contribution in [0.1, 0.15) is 23.1 Å². The van der Waals surface area contributed by atoms with Crippen molar-refractivity contribution in [2.45, 2.75) is 6.42 Å². The third kappa shape index (κ3) is 5.26. The first kappa shape index (κ1) is 30.4. The van der Waals surface area contributed by atoms with E-state index in [1.54, 1.807) is 0 Å². The van der Waals surface area contributed by atoms with Crippen molar-refractivity contribution in [3.63, 3.8) is 0 Å². The highest BCUT2D eigenvalue weighted by Gasteiger charge is 2.20. The summed E-state index contributed by atoms with van der Waals surface area (Å²) in [6, 6.07) is 58.6. The van der Waals surface area contributed by atoms with Gasteiger partial charge < -0.3 is 0 Å². The van der Waals surface area contributed by atoms with Crippen molar-refractivity contribution in [2.24, 2.45) is 0 Å². The van der Waals surface area contributed by atoms with Crippen LogP contribution in [0, 0.1) is 0 Å². The highest BCUT2D eigenvalue weighted by molar-refractivity contribution is 7.25. The molecule has 52 heavy (non-hydrogen) atoms. The summed E-state index contributed by atoms with van der Waals surface area (Å²) in [6.07, 6.45) is 7.69. The maximum Gasteiger partial charge on any atom is 0.160 e. The molecule has 0 spiro atoms. The zero-order valence-corrected chi connectivity index (χ0v) is 29.1. The molecule has 2 heterocycles. The standard InChI is InChI=1S/C49H32N2S/c1-3-14-32(15-4-1)37-20-8-7-16-33-19-13-24-42(48(33)37)45-31-44(50-49(51-45)34-17-5-2-6-18-34)40-28-27-36(38-21-9-10-22-39(38)40)35-26-29-47-43(30-35)41-23-11-12-25-46(41)52-47/h1-7,9-31H,8H2. The van der Waals surface area contributed by atoms with Crippen LogP contribution in [0.15, 0.2) is 176 Å². The summed E-state index contributed by atoms with van der Waals surface area (Å²) < 4.78 is 2.63. The number of hydrogen-bond donors (Lipinski definition) is 0. The average Bonchev–Trinajstić information content (AvgIpc) is 3.44. The maximum absolute atomic E-state index is 5.30. The Bertz CT molecular complexity index is 2860. The molecular formula is C49H32N2S. The molecular weight excluding hydrogens is 649 g/mol. The summed E-state index contributed by atoms with van der Waals surface area (Å²) in [5.41, 5.74) is 12.2. The molecule has 0 radical (unpaired) electrons. The molecule has 244 valence electrons. The van der Waals surface area contributed by atoms with Gasteiger partial charge in [0.2, 0.25) is 0 Å². The van der Waals surface area contributed by atoms with Gasteiger partial charge in [-0.1, -0.05) is 158 Å². The molecule has 0 atom stereocenters. The second-order valence-electron chi connectivity index (χ2n) is 13.2. The van der Waals surface area contributed by atoms with E-state index in [1.165, 1.54) is 64.3 Å². The van der Waals surface area contributed by atoms with Gasteiger partial charge in [0.1, 0.15) is 0 Å². The molecule has 7 aromatic carbocycles. The van der Waals surface area contributed by atoms with Crippen LogP contribution in [0.2, 0.25) is 0 Å². The first-order chi connectivity index (χ1) is 25.8. The van der Waals surface area contributed by atoms with Crippen molar-refractivity contribution < 1.29 is 0 Å². The molecule has 3 heteroatoms. The zero-order chi connectivity index (χ0) is 34.4. The van der Waals surface area contributed by atoms with Gasteiger partial charge in [-0.15, -0.1) is 11.3 Å². The minimum absolute atomic E-state index is 0.711. The quantitative estimate of drug-likeness (QED) is 0.181.